The summed E-state index contributed by atoms with van der Waals surface area (Å²) in [6.45, 7) is 6.74. The first-order chi connectivity index (χ1) is 11.6. The predicted molar refractivity (Wildman–Crippen MR) is 97.7 cm³/mol. The fourth-order valence-electron chi connectivity index (χ4n) is 2.17. The van der Waals surface area contributed by atoms with E-state index in [0.29, 0.717) is 31.0 Å². The molecule has 0 saturated carbocycles. The van der Waals surface area contributed by atoms with Crippen LogP contribution < -0.4 is 10.6 Å². The lowest BCUT2D eigenvalue weighted by molar-refractivity contribution is 0.505. The van der Waals surface area contributed by atoms with Crippen LogP contribution in [0.5, 0.6) is 0 Å². The van der Waals surface area contributed by atoms with Crippen LogP contribution in [-0.2, 0) is 9.84 Å². The summed E-state index contributed by atoms with van der Waals surface area (Å²) in [5, 5.41) is 6.25. The molecule has 2 atom stereocenters. The summed E-state index contributed by atoms with van der Waals surface area (Å²) in [6.07, 6.45) is 1.69. The Bertz CT molecular complexity index is 693. The summed E-state index contributed by atoms with van der Waals surface area (Å²) in [5.74, 6) is -1.15. The Balaban J connectivity index is 2.68. The van der Waals surface area contributed by atoms with Crippen molar-refractivity contribution in [2.45, 2.75) is 39.2 Å². The van der Waals surface area contributed by atoms with Gasteiger partial charge in [-0.25, -0.2) is 17.2 Å². The molecule has 0 bridgehead atoms. The van der Waals surface area contributed by atoms with E-state index in [2.05, 4.69) is 15.6 Å². The smallest absolute Gasteiger partial charge is 0.191 e. The highest BCUT2D eigenvalue weighted by Crippen LogP contribution is 2.18. The van der Waals surface area contributed by atoms with Gasteiger partial charge in [0.05, 0.1) is 5.75 Å². The highest BCUT2D eigenvalue weighted by molar-refractivity contribution is 7.90. The van der Waals surface area contributed by atoms with Crippen molar-refractivity contribution in [1.82, 2.24) is 10.6 Å². The van der Waals surface area contributed by atoms with Gasteiger partial charge in [-0.05, 0) is 38.0 Å². The number of rotatable bonds is 8. The molecule has 0 amide bonds. The third-order valence-corrected chi connectivity index (χ3v) is 4.66. The number of nitrogens with one attached hydrogen (secondary N) is 2. The zero-order valence-corrected chi connectivity index (χ0v) is 16.0. The van der Waals surface area contributed by atoms with E-state index in [1.807, 2.05) is 20.8 Å². The van der Waals surface area contributed by atoms with Crippen LogP contribution in [0.15, 0.2) is 23.2 Å². The average Bonchev–Trinajstić information content (AvgIpc) is 2.52. The van der Waals surface area contributed by atoms with Gasteiger partial charge >= 0.3 is 0 Å². The van der Waals surface area contributed by atoms with Gasteiger partial charge in [0, 0.05) is 31.3 Å². The molecule has 0 aliphatic rings. The highest BCUT2D eigenvalue weighted by Gasteiger charge is 2.12. The summed E-state index contributed by atoms with van der Waals surface area (Å²) in [5.41, 5.74) is 0.670. The average molecular weight is 375 g/mol. The molecule has 0 spiro atoms. The maximum absolute atomic E-state index is 13.3. The molecule has 0 heterocycles. The number of benzene rings is 1. The number of hydrogen-bond donors (Lipinski definition) is 2. The third-order valence-electron chi connectivity index (χ3n) is 3.68. The van der Waals surface area contributed by atoms with E-state index in [4.69, 9.17) is 0 Å². The Hall–Kier alpha value is -1.70. The summed E-state index contributed by atoms with van der Waals surface area (Å²) in [4.78, 5) is 4.46. The Kier molecular flexibility index (Phi) is 8.28. The molecule has 25 heavy (non-hydrogen) atoms. The largest absolute Gasteiger partial charge is 0.357 e. The Morgan fingerprint density at radius 2 is 1.92 bits per heavy atom. The van der Waals surface area contributed by atoms with Gasteiger partial charge in [0.25, 0.3) is 0 Å². The van der Waals surface area contributed by atoms with Gasteiger partial charge in [-0.3, -0.25) is 4.99 Å². The molecule has 2 N–H and O–H groups in total. The lowest BCUT2D eigenvalue weighted by Crippen LogP contribution is -2.43. The number of sulfone groups is 1. The Morgan fingerprint density at radius 3 is 2.48 bits per heavy atom. The number of guanidine groups is 1. The molecule has 0 aliphatic heterocycles. The summed E-state index contributed by atoms with van der Waals surface area (Å²) in [6, 6.07) is 3.78. The van der Waals surface area contributed by atoms with Crippen molar-refractivity contribution in [3.8, 4) is 0 Å². The molecule has 1 aromatic carbocycles. The molecule has 2 unspecified atom stereocenters. The predicted octanol–water partition coefficient (Wildman–Crippen LogP) is 2.45. The van der Waals surface area contributed by atoms with Crippen molar-refractivity contribution in [3.05, 3.63) is 35.4 Å². The molecular weight excluding hydrogens is 348 g/mol. The van der Waals surface area contributed by atoms with Crippen LogP contribution in [0.1, 0.15) is 38.7 Å². The first kappa shape index (κ1) is 21.3. The van der Waals surface area contributed by atoms with Gasteiger partial charge in [-0.1, -0.05) is 13.0 Å². The monoisotopic (exact) mass is 375 g/mol. The van der Waals surface area contributed by atoms with Gasteiger partial charge in [-0.15, -0.1) is 0 Å². The van der Waals surface area contributed by atoms with E-state index in [1.54, 1.807) is 6.07 Å². The maximum Gasteiger partial charge on any atom is 0.191 e. The topological polar surface area (TPSA) is 70.6 Å². The minimum atomic E-state index is -3.00. The molecule has 1 rings (SSSR count). The summed E-state index contributed by atoms with van der Waals surface area (Å²) in [7, 11) is -3.00. The van der Waals surface area contributed by atoms with Crippen LogP contribution in [0, 0.1) is 11.6 Å². The Labute approximate surface area is 148 Å². The molecule has 1 aromatic rings. The molecule has 0 saturated heterocycles. The molecule has 5 nitrogen and oxygen atoms in total. The minimum absolute atomic E-state index is 0.0638. The van der Waals surface area contributed by atoms with Crippen molar-refractivity contribution >= 4 is 15.8 Å². The maximum atomic E-state index is 13.3. The second-order valence-corrected chi connectivity index (χ2v) is 8.52. The zero-order chi connectivity index (χ0) is 19.0. The third kappa shape index (κ3) is 8.29. The second kappa shape index (κ2) is 9.70. The first-order valence-electron chi connectivity index (χ1n) is 8.30. The van der Waals surface area contributed by atoms with Crippen LogP contribution in [0.25, 0.3) is 0 Å². The Morgan fingerprint density at radius 1 is 1.24 bits per heavy atom. The van der Waals surface area contributed by atoms with Gasteiger partial charge in [0.1, 0.15) is 9.84 Å². The lowest BCUT2D eigenvalue weighted by Gasteiger charge is -2.18. The quantitative estimate of drug-likeness (QED) is 0.541. The molecular formula is C17H27F2N3O2S. The van der Waals surface area contributed by atoms with Gasteiger partial charge in [0.2, 0.25) is 0 Å². The summed E-state index contributed by atoms with van der Waals surface area (Å²) >= 11 is 0. The van der Waals surface area contributed by atoms with E-state index in [1.165, 1.54) is 12.3 Å². The van der Waals surface area contributed by atoms with Crippen LogP contribution >= 0.6 is 0 Å². The zero-order valence-electron chi connectivity index (χ0n) is 15.1. The number of halogens is 2. The van der Waals surface area contributed by atoms with E-state index in [-0.39, 0.29) is 17.7 Å². The second-order valence-electron chi connectivity index (χ2n) is 6.26. The van der Waals surface area contributed by atoms with Gasteiger partial charge in [-0.2, -0.15) is 0 Å². The van der Waals surface area contributed by atoms with E-state index < -0.39 is 21.5 Å². The van der Waals surface area contributed by atoms with E-state index >= 15 is 0 Å². The van der Waals surface area contributed by atoms with Crippen molar-refractivity contribution in [1.29, 1.82) is 0 Å². The fraction of sp³-hybridized carbons (Fsp3) is 0.588. The van der Waals surface area contributed by atoms with Gasteiger partial charge < -0.3 is 10.6 Å². The molecule has 0 fully saturated rings. The molecule has 8 heteroatoms. The van der Waals surface area contributed by atoms with Crippen molar-refractivity contribution in [2.75, 3.05) is 25.1 Å². The van der Waals surface area contributed by atoms with Crippen LogP contribution in [0.4, 0.5) is 8.78 Å². The van der Waals surface area contributed by atoms with Crippen LogP contribution in [0.2, 0.25) is 0 Å². The van der Waals surface area contributed by atoms with Crippen molar-refractivity contribution < 1.29 is 17.2 Å². The van der Waals surface area contributed by atoms with Crippen molar-refractivity contribution in [3.63, 3.8) is 0 Å². The van der Waals surface area contributed by atoms with Crippen LogP contribution in [-0.4, -0.2) is 45.5 Å². The van der Waals surface area contributed by atoms with E-state index in [9.17, 15) is 17.2 Å². The molecule has 0 aromatic heterocycles. The van der Waals surface area contributed by atoms with Gasteiger partial charge in [0.15, 0.2) is 17.6 Å². The number of nitrogens with zero attached hydrogens (tertiary/aromatic N) is 1. The first-order valence-corrected chi connectivity index (χ1v) is 10.4. The van der Waals surface area contributed by atoms with Crippen LogP contribution in [0.3, 0.4) is 0 Å². The number of hydrogen-bond acceptors (Lipinski definition) is 3. The molecule has 0 radical (unpaired) electrons. The summed E-state index contributed by atoms with van der Waals surface area (Å²) < 4.78 is 48.8. The normalized spacial score (nSPS) is 14.9. The standard InChI is InChI=1S/C17H27F2N3O2S/c1-5-20-17(22-13(3)8-9-25(4,23)24)21-11-12(2)14-6-7-15(18)16(19)10-14/h6-7,10,12-13H,5,8-9,11H2,1-4H3,(H2,20,21,22). The van der Waals surface area contributed by atoms with Crippen molar-refractivity contribution in [2.24, 2.45) is 4.99 Å². The minimum Gasteiger partial charge on any atom is -0.357 e. The SMILES string of the molecule is CCNC(=NCC(C)c1ccc(F)c(F)c1)NC(C)CCS(C)(=O)=O. The lowest BCUT2D eigenvalue weighted by atomic mass is 10.0. The molecule has 0 aliphatic carbocycles. The number of aliphatic imine (C=N–C) groups is 1. The highest BCUT2D eigenvalue weighted by atomic mass is 32.2. The van der Waals surface area contributed by atoms with E-state index in [0.717, 1.165) is 6.07 Å². The fourth-order valence-corrected chi connectivity index (χ4v) is 2.95. The molecule has 142 valence electrons.